The van der Waals surface area contributed by atoms with Gasteiger partial charge in [-0.3, -0.25) is 4.31 Å². The highest BCUT2D eigenvalue weighted by molar-refractivity contribution is 9.10. The van der Waals surface area contributed by atoms with Gasteiger partial charge in [-0.15, -0.1) is 0 Å². The van der Waals surface area contributed by atoms with E-state index in [0.29, 0.717) is 23.7 Å². The summed E-state index contributed by atoms with van der Waals surface area (Å²) in [5.41, 5.74) is 0.673. The van der Waals surface area contributed by atoms with Crippen LogP contribution >= 0.6 is 15.9 Å². The predicted molar refractivity (Wildman–Crippen MR) is 93.7 cm³/mol. The molecule has 0 aliphatic rings. The van der Waals surface area contributed by atoms with Crippen molar-refractivity contribution in [3.05, 3.63) is 59.1 Å². The number of rotatable bonds is 6. The predicted octanol–water partition coefficient (Wildman–Crippen LogP) is 3.21. The molecule has 0 fully saturated rings. The summed E-state index contributed by atoms with van der Waals surface area (Å²) in [6.45, 7) is 1.04. The standard InChI is InChI=1S/C16H19BrN2O2S/c1-18(2)12-13-19(15-6-4-3-5-7-15)22(20,21)16-10-8-14(17)9-11-16/h3-11H,12-13H2,1-2H3. The molecule has 0 aliphatic heterocycles. The largest absolute Gasteiger partial charge is 0.308 e. The van der Waals surface area contributed by atoms with Crippen LogP contribution in [-0.4, -0.2) is 40.5 Å². The number of likely N-dealkylation sites (N-methyl/N-ethyl adjacent to an activating group) is 1. The van der Waals surface area contributed by atoms with E-state index in [1.807, 2.05) is 49.3 Å². The van der Waals surface area contributed by atoms with Crippen LogP contribution in [0.5, 0.6) is 0 Å². The zero-order valence-electron chi connectivity index (χ0n) is 12.6. The molecule has 2 rings (SSSR count). The minimum Gasteiger partial charge on any atom is -0.308 e. The SMILES string of the molecule is CN(C)CCN(c1ccccc1)S(=O)(=O)c1ccc(Br)cc1. The Bertz CT molecular complexity index is 701. The van der Waals surface area contributed by atoms with Crippen LogP contribution < -0.4 is 4.31 Å². The van der Waals surface area contributed by atoms with Crippen molar-refractivity contribution in [2.75, 3.05) is 31.5 Å². The monoisotopic (exact) mass is 382 g/mol. The van der Waals surface area contributed by atoms with Crippen LogP contribution in [0.25, 0.3) is 0 Å². The van der Waals surface area contributed by atoms with Crippen LogP contribution in [-0.2, 0) is 10.0 Å². The Morgan fingerprint density at radius 3 is 2.05 bits per heavy atom. The minimum atomic E-state index is -3.58. The molecule has 0 unspecified atom stereocenters. The van der Waals surface area contributed by atoms with Crippen molar-refractivity contribution in [3.63, 3.8) is 0 Å². The van der Waals surface area contributed by atoms with E-state index < -0.39 is 10.0 Å². The lowest BCUT2D eigenvalue weighted by atomic mass is 10.3. The van der Waals surface area contributed by atoms with Gasteiger partial charge in [-0.1, -0.05) is 34.1 Å². The third-order valence-corrected chi connectivity index (χ3v) is 5.57. The van der Waals surface area contributed by atoms with E-state index in [-0.39, 0.29) is 0 Å². The average molecular weight is 383 g/mol. The summed E-state index contributed by atoms with van der Waals surface area (Å²) in [5, 5.41) is 0. The smallest absolute Gasteiger partial charge is 0.264 e. The molecule has 0 spiro atoms. The van der Waals surface area contributed by atoms with Crippen molar-refractivity contribution in [3.8, 4) is 0 Å². The van der Waals surface area contributed by atoms with Gasteiger partial charge in [0.25, 0.3) is 10.0 Å². The molecule has 0 bridgehead atoms. The lowest BCUT2D eigenvalue weighted by molar-refractivity contribution is 0.419. The van der Waals surface area contributed by atoms with Crippen molar-refractivity contribution in [1.29, 1.82) is 0 Å². The van der Waals surface area contributed by atoms with Crippen molar-refractivity contribution in [1.82, 2.24) is 4.90 Å². The first-order valence-corrected chi connectivity index (χ1v) is 9.12. The number of para-hydroxylation sites is 1. The topological polar surface area (TPSA) is 40.6 Å². The van der Waals surface area contributed by atoms with E-state index in [1.165, 1.54) is 4.31 Å². The van der Waals surface area contributed by atoms with Crippen LogP contribution in [0.1, 0.15) is 0 Å². The van der Waals surface area contributed by atoms with Gasteiger partial charge < -0.3 is 4.90 Å². The Hall–Kier alpha value is -1.37. The summed E-state index contributed by atoms with van der Waals surface area (Å²) in [4.78, 5) is 2.26. The Morgan fingerprint density at radius 2 is 1.50 bits per heavy atom. The lowest BCUT2D eigenvalue weighted by Crippen LogP contribution is -2.36. The van der Waals surface area contributed by atoms with Gasteiger partial charge in [0.2, 0.25) is 0 Å². The molecule has 0 aliphatic carbocycles. The highest BCUT2D eigenvalue weighted by Crippen LogP contribution is 2.24. The van der Waals surface area contributed by atoms with E-state index in [2.05, 4.69) is 15.9 Å². The summed E-state index contributed by atoms with van der Waals surface area (Å²) in [5.74, 6) is 0. The molecule has 6 heteroatoms. The Labute approximate surface area is 140 Å². The second-order valence-corrected chi connectivity index (χ2v) is 7.95. The van der Waals surface area contributed by atoms with Crippen LogP contribution in [0.2, 0.25) is 0 Å². The van der Waals surface area contributed by atoms with E-state index in [1.54, 1.807) is 24.3 Å². The maximum Gasteiger partial charge on any atom is 0.264 e. The number of hydrogen-bond donors (Lipinski definition) is 0. The van der Waals surface area contributed by atoms with Crippen molar-refractivity contribution < 1.29 is 8.42 Å². The normalized spacial score (nSPS) is 11.6. The number of halogens is 1. The van der Waals surface area contributed by atoms with Crippen molar-refractivity contribution in [2.24, 2.45) is 0 Å². The summed E-state index contributed by atoms with van der Waals surface area (Å²) in [6, 6.07) is 15.9. The fraction of sp³-hybridized carbons (Fsp3) is 0.250. The van der Waals surface area contributed by atoms with Gasteiger partial charge in [-0.25, -0.2) is 8.42 Å². The van der Waals surface area contributed by atoms with Crippen LogP contribution in [0.4, 0.5) is 5.69 Å². The summed E-state index contributed by atoms with van der Waals surface area (Å²) in [7, 11) is 0.271. The molecule has 0 aromatic heterocycles. The zero-order valence-corrected chi connectivity index (χ0v) is 15.0. The molecule has 0 saturated carbocycles. The van der Waals surface area contributed by atoms with Crippen molar-refractivity contribution in [2.45, 2.75) is 4.90 Å². The first kappa shape index (κ1) is 17.0. The molecular formula is C16H19BrN2O2S. The van der Waals surface area contributed by atoms with Gasteiger partial charge in [-0.05, 0) is 50.5 Å². The minimum absolute atomic E-state index is 0.290. The summed E-state index contributed by atoms with van der Waals surface area (Å²) >= 11 is 3.33. The van der Waals surface area contributed by atoms with E-state index >= 15 is 0 Å². The van der Waals surface area contributed by atoms with Crippen LogP contribution in [0.15, 0.2) is 64.0 Å². The Morgan fingerprint density at radius 1 is 0.909 bits per heavy atom. The highest BCUT2D eigenvalue weighted by Gasteiger charge is 2.24. The van der Waals surface area contributed by atoms with Gasteiger partial charge >= 0.3 is 0 Å². The first-order chi connectivity index (χ1) is 10.4. The quantitative estimate of drug-likeness (QED) is 0.769. The Balaban J connectivity index is 2.41. The Kier molecular flexibility index (Phi) is 5.61. The number of nitrogens with zero attached hydrogens (tertiary/aromatic N) is 2. The molecule has 2 aromatic carbocycles. The summed E-state index contributed by atoms with van der Waals surface area (Å²) in [6.07, 6.45) is 0. The van der Waals surface area contributed by atoms with Crippen LogP contribution in [0.3, 0.4) is 0 Å². The van der Waals surface area contributed by atoms with Gasteiger partial charge in [0, 0.05) is 17.6 Å². The molecule has 0 saturated heterocycles. The fourth-order valence-electron chi connectivity index (χ4n) is 2.01. The van der Waals surface area contributed by atoms with Gasteiger partial charge in [0.1, 0.15) is 0 Å². The second-order valence-electron chi connectivity index (χ2n) is 5.17. The van der Waals surface area contributed by atoms with E-state index in [9.17, 15) is 8.42 Å². The average Bonchev–Trinajstić information content (AvgIpc) is 2.48. The maximum atomic E-state index is 12.9. The molecule has 0 N–H and O–H groups in total. The first-order valence-electron chi connectivity index (χ1n) is 6.89. The van der Waals surface area contributed by atoms with Gasteiger partial charge in [0.05, 0.1) is 10.6 Å². The third kappa shape index (κ3) is 4.09. The molecule has 0 atom stereocenters. The van der Waals surface area contributed by atoms with Crippen molar-refractivity contribution >= 4 is 31.6 Å². The molecule has 2 aromatic rings. The molecule has 0 radical (unpaired) electrons. The molecular weight excluding hydrogens is 364 g/mol. The van der Waals surface area contributed by atoms with Gasteiger partial charge in [-0.2, -0.15) is 0 Å². The van der Waals surface area contributed by atoms with E-state index in [4.69, 9.17) is 0 Å². The number of sulfonamides is 1. The molecule has 22 heavy (non-hydrogen) atoms. The van der Waals surface area contributed by atoms with Gasteiger partial charge in [0.15, 0.2) is 0 Å². The molecule has 118 valence electrons. The fourth-order valence-corrected chi connectivity index (χ4v) is 3.73. The molecule has 0 heterocycles. The lowest BCUT2D eigenvalue weighted by Gasteiger charge is -2.26. The number of benzene rings is 2. The number of anilines is 1. The van der Waals surface area contributed by atoms with Crippen LogP contribution in [0, 0.1) is 0 Å². The second kappa shape index (κ2) is 7.26. The zero-order chi connectivity index (χ0) is 16.2. The summed E-state index contributed by atoms with van der Waals surface area (Å²) < 4.78 is 28.2. The third-order valence-electron chi connectivity index (χ3n) is 3.20. The molecule has 0 amide bonds. The van der Waals surface area contributed by atoms with E-state index in [0.717, 1.165) is 4.47 Å². The maximum absolute atomic E-state index is 12.9. The molecule has 4 nitrogen and oxygen atoms in total. The number of hydrogen-bond acceptors (Lipinski definition) is 3. The highest BCUT2D eigenvalue weighted by atomic mass is 79.9.